The molecule has 31 heavy (non-hydrogen) atoms. The van der Waals surface area contributed by atoms with Crippen LogP contribution in [0.25, 0.3) is 17.5 Å². The summed E-state index contributed by atoms with van der Waals surface area (Å²) < 4.78 is 16.1. The van der Waals surface area contributed by atoms with Crippen molar-refractivity contribution in [1.82, 2.24) is 15.2 Å². The molecule has 0 aliphatic heterocycles. The van der Waals surface area contributed by atoms with Crippen LogP contribution in [0.1, 0.15) is 18.9 Å². The van der Waals surface area contributed by atoms with Crippen molar-refractivity contribution >= 4 is 23.8 Å². The molecule has 0 saturated carbocycles. The van der Waals surface area contributed by atoms with Crippen molar-refractivity contribution in [1.29, 1.82) is 0 Å². The number of H-pyrrole nitrogens is 1. The zero-order valence-electron chi connectivity index (χ0n) is 17.4. The molecule has 0 amide bonds. The van der Waals surface area contributed by atoms with Gasteiger partial charge in [-0.15, -0.1) is 5.10 Å². The van der Waals surface area contributed by atoms with Crippen molar-refractivity contribution < 1.29 is 24.1 Å². The number of aliphatic carboxylic acids is 1. The zero-order valence-corrected chi connectivity index (χ0v) is 18.2. The van der Waals surface area contributed by atoms with Crippen LogP contribution in [-0.2, 0) is 4.79 Å². The lowest BCUT2D eigenvalue weighted by Crippen LogP contribution is -1.97. The van der Waals surface area contributed by atoms with E-state index < -0.39 is 5.97 Å². The maximum atomic E-state index is 11.7. The highest BCUT2D eigenvalue weighted by Crippen LogP contribution is 2.31. The Hall–Kier alpha value is -3.46. The maximum Gasteiger partial charge on any atom is 0.342 e. The molecule has 3 rings (SSSR count). The molecular weight excluding hydrogens is 418 g/mol. The monoisotopic (exact) mass is 441 g/mol. The van der Waals surface area contributed by atoms with Gasteiger partial charge < -0.3 is 19.3 Å². The summed E-state index contributed by atoms with van der Waals surface area (Å²) in [5.74, 6) is 1.37. The maximum absolute atomic E-state index is 11.7. The highest BCUT2D eigenvalue weighted by atomic mass is 32.2. The molecule has 8 nitrogen and oxygen atoms in total. The number of benzene rings is 2. The van der Waals surface area contributed by atoms with E-state index in [0.29, 0.717) is 29.5 Å². The van der Waals surface area contributed by atoms with E-state index in [1.165, 1.54) is 0 Å². The van der Waals surface area contributed by atoms with E-state index in [9.17, 15) is 9.90 Å². The van der Waals surface area contributed by atoms with Crippen LogP contribution in [0.4, 0.5) is 0 Å². The molecule has 9 heteroatoms. The topological polar surface area (TPSA) is 107 Å². The number of nitrogens with one attached hydrogen (secondary N) is 1. The molecule has 0 bridgehead atoms. The quantitative estimate of drug-likeness (QED) is 0.350. The molecular formula is C22H23N3O5S. The van der Waals surface area contributed by atoms with E-state index in [0.717, 1.165) is 29.5 Å². The fourth-order valence-corrected chi connectivity index (χ4v) is 3.34. The number of nitrogens with zero attached hydrogens (tertiary/aromatic N) is 2. The number of ether oxygens (including phenoxy) is 3. The summed E-state index contributed by atoms with van der Waals surface area (Å²) in [6.45, 7) is 2.67. The lowest BCUT2D eigenvalue weighted by molar-refractivity contribution is -0.131. The third-order valence-corrected chi connectivity index (χ3v) is 5.03. The summed E-state index contributed by atoms with van der Waals surface area (Å²) in [6, 6.07) is 12.6. The number of thioether (sulfide) groups is 1. The normalized spacial score (nSPS) is 11.3. The van der Waals surface area contributed by atoms with Gasteiger partial charge in [0.25, 0.3) is 0 Å². The van der Waals surface area contributed by atoms with E-state index in [-0.39, 0.29) is 10.1 Å². The second-order valence-corrected chi connectivity index (χ2v) is 7.41. The van der Waals surface area contributed by atoms with Crippen molar-refractivity contribution in [3.63, 3.8) is 0 Å². The molecule has 0 spiro atoms. The Labute approximate surface area is 184 Å². The van der Waals surface area contributed by atoms with Crippen LogP contribution in [0.5, 0.6) is 17.2 Å². The Morgan fingerprint density at radius 2 is 1.77 bits per heavy atom. The number of aromatic amines is 1. The number of hydrogen-bond acceptors (Lipinski definition) is 7. The number of methoxy groups -OCH3 is 2. The summed E-state index contributed by atoms with van der Waals surface area (Å²) in [7, 11) is 3.12. The van der Waals surface area contributed by atoms with E-state index in [4.69, 9.17) is 14.2 Å². The lowest BCUT2D eigenvalue weighted by Gasteiger charge is -2.06. The number of hydrogen-bond donors (Lipinski definition) is 2. The lowest BCUT2D eigenvalue weighted by atomic mass is 10.2. The molecule has 162 valence electrons. The Kier molecular flexibility index (Phi) is 7.55. The van der Waals surface area contributed by atoms with E-state index in [1.54, 1.807) is 50.6 Å². The highest BCUT2D eigenvalue weighted by Gasteiger charge is 2.15. The van der Waals surface area contributed by atoms with Gasteiger partial charge in [-0.05, 0) is 54.1 Å². The Morgan fingerprint density at radius 1 is 1.10 bits per heavy atom. The van der Waals surface area contributed by atoms with Crippen LogP contribution < -0.4 is 14.2 Å². The van der Waals surface area contributed by atoms with E-state index in [1.807, 2.05) is 19.1 Å². The average molecular weight is 442 g/mol. The fraction of sp³-hybridized carbons (Fsp3) is 0.227. The van der Waals surface area contributed by atoms with Crippen LogP contribution >= 0.6 is 11.8 Å². The number of carboxylic acid groups (broad SMARTS) is 1. The molecule has 0 radical (unpaired) electrons. The van der Waals surface area contributed by atoms with Gasteiger partial charge in [-0.3, -0.25) is 5.10 Å². The van der Waals surface area contributed by atoms with Gasteiger partial charge in [-0.25, -0.2) is 9.78 Å². The van der Waals surface area contributed by atoms with Crippen molar-refractivity contribution in [2.45, 2.75) is 18.5 Å². The first-order valence-electron chi connectivity index (χ1n) is 9.54. The smallest absolute Gasteiger partial charge is 0.342 e. The summed E-state index contributed by atoms with van der Waals surface area (Å²) in [5.41, 5.74) is 1.45. The predicted molar refractivity (Wildman–Crippen MR) is 119 cm³/mol. The highest BCUT2D eigenvalue weighted by molar-refractivity contribution is 8.04. The van der Waals surface area contributed by atoms with Crippen LogP contribution in [0.15, 0.2) is 52.5 Å². The molecule has 1 aromatic heterocycles. The van der Waals surface area contributed by atoms with Crippen LogP contribution in [0.3, 0.4) is 0 Å². The molecule has 0 saturated heterocycles. The zero-order chi connectivity index (χ0) is 22.2. The van der Waals surface area contributed by atoms with Gasteiger partial charge in [0.15, 0.2) is 5.82 Å². The minimum absolute atomic E-state index is 0.0935. The fourth-order valence-electron chi connectivity index (χ4n) is 2.63. The molecule has 0 fully saturated rings. The Morgan fingerprint density at radius 3 is 2.35 bits per heavy atom. The number of carbonyl (C=O) groups is 1. The van der Waals surface area contributed by atoms with Crippen molar-refractivity contribution in [3.8, 4) is 28.6 Å². The third kappa shape index (κ3) is 6.02. The van der Waals surface area contributed by atoms with E-state index in [2.05, 4.69) is 15.2 Å². The SMILES string of the molecule is CCCOc1ccc(/C=C(/Sc2n[nH]c(-c3cc(OC)cc(OC)c3)n2)C(=O)O)cc1. The minimum atomic E-state index is -1.06. The first-order chi connectivity index (χ1) is 15.0. The van der Waals surface area contributed by atoms with Crippen molar-refractivity contribution in [2.75, 3.05) is 20.8 Å². The van der Waals surface area contributed by atoms with Crippen LogP contribution in [0.2, 0.25) is 0 Å². The van der Waals surface area contributed by atoms with Crippen molar-refractivity contribution in [2.24, 2.45) is 0 Å². The van der Waals surface area contributed by atoms with Gasteiger partial charge in [0.2, 0.25) is 5.16 Å². The molecule has 0 aliphatic rings. The summed E-state index contributed by atoms with van der Waals surface area (Å²) >= 11 is 0.959. The Bertz CT molecular complexity index is 1040. The molecule has 0 atom stereocenters. The second kappa shape index (κ2) is 10.5. The molecule has 0 unspecified atom stereocenters. The summed E-state index contributed by atoms with van der Waals surface area (Å²) in [5, 5.41) is 16.9. The number of carboxylic acids is 1. The van der Waals surface area contributed by atoms with Gasteiger partial charge in [-0.2, -0.15) is 0 Å². The largest absolute Gasteiger partial charge is 0.497 e. The van der Waals surface area contributed by atoms with Gasteiger partial charge in [0, 0.05) is 11.6 Å². The molecule has 1 heterocycles. The number of aromatic nitrogens is 3. The standard InChI is InChI=1S/C22H23N3O5S/c1-4-9-30-16-7-5-14(6-8-16)10-19(21(26)27)31-22-23-20(24-25-22)15-11-17(28-2)13-18(12-15)29-3/h5-8,10-13H,4,9H2,1-3H3,(H,26,27)(H,23,24,25)/b19-10+. The average Bonchev–Trinajstić information content (AvgIpc) is 3.26. The summed E-state index contributed by atoms with van der Waals surface area (Å²) in [6.07, 6.45) is 2.49. The van der Waals surface area contributed by atoms with Crippen LogP contribution in [-0.4, -0.2) is 47.1 Å². The van der Waals surface area contributed by atoms with Crippen molar-refractivity contribution in [3.05, 3.63) is 52.9 Å². The van der Waals surface area contributed by atoms with Gasteiger partial charge in [-0.1, -0.05) is 19.1 Å². The Balaban J connectivity index is 1.79. The van der Waals surface area contributed by atoms with Gasteiger partial charge in [0.1, 0.15) is 22.2 Å². The van der Waals surface area contributed by atoms with Crippen LogP contribution in [0, 0.1) is 0 Å². The molecule has 2 N–H and O–H groups in total. The number of rotatable bonds is 10. The minimum Gasteiger partial charge on any atom is -0.497 e. The first-order valence-corrected chi connectivity index (χ1v) is 10.4. The second-order valence-electron chi connectivity index (χ2n) is 6.40. The third-order valence-electron chi connectivity index (χ3n) is 4.15. The predicted octanol–water partition coefficient (Wildman–Crippen LogP) is 4.50. The first kappa shape index (κ1) is 22.2. The summed E-state index contributed by atoms with van der Waals surface area (Å²) in [4.78, 5) is 16.2. The van der Waals surface area contributed by atoms with Gasteiger partial charge in [0.05, 0.1) is 20.8 Å². The molecule has 3 aromatic rings. The van der Waals surface area contributed by atoms with E-state index >= 15 is 0 Å². The molecule has 0 aliphatic carbocycles. The van der Waals surface area contributed by atoms with Gasteiger partial charge >= 0.3 is 5.97 Å². The molecule has 2 aromatic carbocycles.